The molecular formula is C13H10N6. The maximum atomic E-state index is 4.52. The van der Waals surface area contributed by atoms with Crippen LogP contribution in [0.4, 0.5) is 0 Å². The lowest BCUT2D eigenvalue weighted by atomic mass is 10.3. The van der Waals surface area contributed by atoms with Gasteiger partial charge in [-0.05, 0) is 18.6 Å². The summed E-state index contributed by atoms with van der Waals surface area (Å²) in [6, 6.07) is 1.96. The Kier molecular flexibility index (Phi) is 1.94. The van der Waals surface area contributed by atoms with Gasteiger partial charge in [0.05, 0.1) is 29.0 Å². The third-order valence-corrected chi connectivity index (χ3v) is 3.18. The number of hydrogen-bond acceptors (Lipinski definition) is 4. The molecule has 0 unspecified atom stereocenters. The highest BCUT2D eigenvalue weighted by atomic mass is 15.2. The molecule has 0 saturated carbocycles. The van der Waals surface area contributed by atoms with Crippen LogP contribution < -0.4 is 0 Å². The summed E-state index contributed by atoms with van der Waals surface area (Å²) in [5.41, 5.74) is 4.64. The zero-order valence-electron chi connectivity index (χ0n) is 10.2. The number of aromatic nitrogens is 6. The molecule has 4 aromatic rings. The molecule has 0 aromatic carbocycles. The molecule has 0 saturated heterocycles. The highest BCUT2D eigenvalue weighted by Gasteiger charge is 2.12. The molecule has 0 aliphatic carbocycles. The molecule has 0 amide bonds. The maximum absolute atomic E-state index is 4.52. The number of pyridine rings is 1. The number of aryl methyl sites for hydroxylation is 1. The molecular weight excluding hydrogens is 240 g/mol. The Morgan fingerprint density at radius 2 is 2.16 bits per heavy atom. The Morgan fingerprint density at radius 3 is 3.05 bits per heavy atom. The maximum Gasteiger partial charge on any atom is 0.178 e. The lowest BCUT2D eigenvalue weighted by Crippen LogP contribution is -1.86. The van der Waals surface area contributed by atoms with Crippen LogP contribution in [0.5, 0.6) is 0 Å². The Labute approximate surface area is 108 Å². The number of nitrogens with one attached hydrogen (secondary N) is 1. The van der Waals surface area contributed by atoms with Crippen molar-refractivity contribution < 1.29 is 0 Å². The standard InChI is InChI=1S/C13H10N6/c1-8-2-3-15-13-11(8)17-12(18-13)9-6-16-19-5-4-14-7-10(9)19/h2-7H,1H3,(H,15,17,18). The summed E-state index contributed by atoms with van der Waals surface area (Å²) in [7, 11) is 0. The number of aromatic amines is 1. The number of nitrogens with zero attached hydrogens (tertiary/aromatic N) is 5. The minimum absolute atomic E-state index is 0.721. The van der Waals surface area contributed by atoms with Crippen molar-refractivity contribution in [2.75, 3.05) is 0 Å². The van der Waals surface area contributed by atoms with E-state index >= 15 is 0 Å². The van der Waals surface area contributed by atoms with Gasteiger partial charge < -0.3 is 4.98 Å². The molecule has 4 rings (SSSR count). The van der Waals surface area contributed by atoms with E-state index in [9.17, 15) is 0 Å². The van der Waals surface area contributed by atoms with Gasteiger partial charge in [0.2, 0.25) is 0 Å². The summed E-state index contributed by atoms with van der Waals surface area (Å²) in [6.07, 6.45) is 8.83. The number of fused-ring (bicyclic) bond motifs is 2. The molecule has 19 heavy (non-hydrogen) atoms. The molecule has 0 radical (unpaired) electrons. The van der Waals surface area contributed by atoms with Crippen molar-refractivity contribution in [3.63, 3.8) is 0 Å². The minimum atomic E-state index is 0.721. The topological polar surface area (TPSA) is 71.8 Å². The summed E-state index contributed by atoms with van der Waals surface area (Å²) in [6.45, 7) is 2.03. The lowest BCUT2D eigenvalue weighted by Gasteiger charge is -1.93. The van der Waals surface area contributed by atoms with E-state index in [1.807, 2.05) is 19.2 Å². The smallest absolute Gasteiger partial charge is 0.178 e. The first kappa shape index (κ1) is 10.2. The van der Waals surface area contributed by atoms with Crippen molar-refractivity contribution in [2.45, 2.75) is 6.92 Å². The first-order valence-corrected chi connectivity index (χ1v) is 5.92. The molecule has 92 valence electrons. The van der Waals surface area contributed by atoms with E-state index < -0.39 is 0 Å². The van der Waals surface area contributed by atoms with Crippen LogP contribution >= 0.6 is 0 Å². The van der Waals surface area contributed by atoms with Gasteiger partial charge in [0.25, 0.3) is 0 Å². The molecule has 0 aliphatic heterocycles. The van der Waals surface area contributed by atoms with Crippen LogP contribution in [0.2, 0.25) is 0 Å². The van der Waals surface area contributed by atoms with E-state index in [0.29, 0.717) is 0 Å². The van der Waals surface area contributed by atoms with Gasteiger partial charge in [0.1, 0.15) is 5.82 Å². The molecule has 0 fully saturated rings. The van der Waals surface area contributed by atoms with Crippen LogP contribution in [0.3, 0.4) is 0 Å². The second kappa shape index (κ2) is 3.61. The van der Waals surface area contributed by atoms with Crippen molar-refractivity contribution in [1.29, 1.82) is 0 Å². The molecule has 0 aliphatic rings. The first-order chi connectivity index (χ1) is 9.33. The fraction of sp³-hybridized carbons (Fsp3) is 0.0769. The fourth-order valence-corrected chi connectivity index (χ4v) is 2.18. The summed E-state index contributed by atoms with van der Waals surface area (Å²) in [5, 5.41) is 4.28. The second-order valence-electron chi connectivity index (χ2n) is 4.38. The van der Waals surface area contributed by atoms with E-state index in [1.54, 1.807) is 29.3 Å². The van der Waals surface area contributed by atoms with Gasteiger partial charge >= 0.3 is 0 Å². The van der Waals surface area contributed by atoms with Crippen LogP contribution in [0, 0.1) is 6.92 Å². The van der Waals surface area contributed by atoms with E-state index in [2.05, 4.69) is 25.0 Å². The zero-order valence-corrected chi connectivity index (χ0v) is 10.2. The Hall–Kier alpha value is -2.76. The summed E-state index contributed by atoms with van der Waals surface area (Å²) < 4.78 is 1.77. The van der Waals surface area contributed by atoms with Crippen molar-refractivity contribution in [2.24, 2.45) is 0 Å². The average Bonchev–Trinajstić information content (AvgIpc) is 3.02. The molecule has 6 heteroatoms. The van der Waals surface area contributed by atoms with E-state index in [4.69, 9.17) is 0 Å². The number of rotatable bonds is 1. The Bertz CT molecular complexity index is 888. The normalized spacial score (nSPS) is 11.4. The summed E-state index contributed by atoms with van der Waals surface area (Å²) in [4.78, 5) is 16.2. The molecule has 4 heterocycles. The van der Waals surface area contributed by atoms with Crippen molar-refractivity contribution in [3.05, 3.63) is 42.6 Å². The van der Waals surface area contributed by atoms with Crippen molar-refractivity contribution in [3.8, 4) is 11.4 Å². The van der Waals surface area contributed by atoms with E-state index in [-0.39, 0.29) is 0 Å². The SMILES string of the molecule is Cc1ccnc2nc(-c3cnn4ccncc34)[nH]c12. The van der Waals surface area contributed by atoms with Gasteiger partial charge in [-0.3, -0.25) is 4.98 Å². The number of imidazole rings is 1. The zero-order chi connectivity index (χ0) is 12.8. The van der Waals surface area contributed by atoms with Gasteiger partial charge in [-0.2, -0.15) is 5.10 Å². The largest absolute Gasteiger partial charge is 0.336 e. The van der Waals surface area contributed by atoms with Gasteiger partial charge in [-0.1, -0.05) is 0 Å². The van der Waals surface area contributed by atoms with Crippen LogP contribution in [0.1, 0.15) is 5.56 Å². The van der Waals surface area contributed by atoms with Crippen molar-refractivity contribution in [1.82, 2.24) is 29.5 Å². The quantitative estimate of drug-likeness (QED) is 0.560. The van der Waals surface area contributed by atoms with E-state index in [0.717, 1.165) is 33.6 Å². The van der Waals surface area contributed by atoms with Crippen LogP contribution in [0.25, 0.3) is 28.1 Å². The van der Waals surface area contributed by atoms with Crippen LogP contribution in [-0.4, -0.2) is 29.5 Å². The van der Waals surface area contributed by atoms with Crippen LogP contribution in [0.15, 0.2) is 37.1 Å². The number of hydrogen-bond donors (Lipinski definition) is 1. The molecule has 0 atom stereocenters. The molecule has 0 spiro atoms. The third kappa shape index (κ3) is 1.43. The Balaban J connectivity index is 2.02. The Morgan fingerprint density at radius 1 is 1.21 bits per heavy atom. The monoisotopic (exact) mass is 250 g/mol. The molecule has 4 aromatic heterocycles. The van der Waals surface area contributed by atoms with Gasteiger partial charge in [0, 0.05) is 18.6 Å². The number of H-pyrrole nitrogens is 1. The predicted molar refractivity (Wildman–Crippen MR) is 70.6 cm³/mol. The van der Waals surface area contributed by atoms with Crippen molar-refractivity contribution >= 4 is 16.7 Å². The second-order valence-corrected chi connectivity index (χ2v) is 4.38. The van der Waals surface area contributed by atoms with Gasteiger partial charge in [-0.25, -0.2) is 14.5 Å². The lowest BCUT2D eigenvalue weighted by molar-refractivity contribution is 0.946. The first-order valence-electron chi connectivity index (χ1n) is 5.92. The third-order valence-electron chi connectivity index (χ3n) is 3.18. The highest BCUT2D eigenvalue weighted by Crippen LogP contribution is 2.24. The fourth-order valence-electron chi connectivity index (χ4n) is 2.18. The average molecular weight is 250 g/mol. The minimum Gasteiger partial charge on any atom is -0.336 e. The molecule has 1 N–H and O–H groups in total. The summed E-state index contributed by atoms with van der Waals surface area (Å²) >= 11 is 0. The predicted octanol–water partition coefficient (Wildman–Crippen LogP) is 1.98. The highest BCUT2D eigenvalue weighted by molar-refractivity contribution is 5.83. The molecule has 0 bridgehead atoms. The van der Waals surface area contributed by atoms with Gasteiger partial charge in [-0.15, -0.1) is 0 Å². The molecule has 6 nitrogen and oxygen atoms in total. The van der Waals surface area contributed by atoms with Crippen LogP contribution in [-0.2, 0) is 0 Å². The van der Waals surface area contributed by atoms with E-state index in [1.165, 1.54) is 0 Å². The summed E-state index contributed by atoms with van der Waals surface area (Å²) in [5.74, 6) is 0.764. The van der Waals surface area contributed by atoms with Gasteiger partial charge in [0.15, 0.2) is 5.65 Å².